The number of nitrogens with one attached hydrogen (secondary N) is 3. The minimum absolute atomic E-state index is 0.00754. The Balaban J connectivity index is 1.98. The van der Waals surface area contributed by atoms with Crippen LogP contribution in [-0.4, -0.2) is 114 Å². The molecule has 15 heteroatoms. The first-order valence-electron chi connectivity index (χ1n) is 12.9. The molecule has 0 aliphatic rings. The van der Waals surface area contributed by atoms with Gasteiger partial charge in [-0.2, -0.15) is 0 Å². The van der Waals surface area contributed by atoms with E-state index in [9.17, 15) is 29.1 Å². The highest BCUT2D eigenvalue weighted by Gasteiger charge is 2.21. The maximum Gasteiger partial charge on any atom is 0.408 e. The number of alkyl carbamates (subject to hydrolysis) is 1. The molecule has 0 fully saturated rings. The summed E-state index contributed by atoms with van der Waals surface area (Å²) in [7, 11) is 1.27. The maximum atomic E-state index is 12.0. The van der Waals surface area contributed by atoms with Gasteiger partial charge in [-0.3, -0.25) is 9.59 Å². The second-order valence-electron chi connectivity index (χ2n) is 8.24. The Kier molecular flexibility index (Phi) is 19.7. The van der Waals surface area contributed by atoms with E-state index < -0.39 is 30.0 Å². The average molecular weight is 586 g/mol. The number of esters is 1. The van der Waals surface area contributed by atoms with E-state index in [-0.39, 0.29) is 91.3 Å². The van der Waals surface area contributed by atoms with Crippen molar-refractivity contribution in [2.24, 2.45) is 0 Å². The second kappa shape index (κ2) is 23.0. The predicted octanol–water partition coefficient (Wildman–Crippen LogP) is -0.382. The molecule has 15 nitrogen and oxygen atoms in total. The van der Waals surface area contributed by atoms with Crippen LogP contribution < -0.4 is 16.0 Å². The molecule has 1 atom stereocenters. The Morgan fingerprint density at radius 3 is 1.98 bits per heavy atom. The average Bonchev–Trinajstić information content (AvgIpc) is 2.97. The summed E-state index contributed by atoms with van der Waals surface area (Å²) in [5.41, 5.74) is 0.754. The van der Waals surface area contributed by atoms with Gasteiger partial charge in [0, 0.05) is 19.5 Å². The normalized spacial score (nSPS) is 11.2. The summed E-state index contributed by atoms with van der Waals surface area (Å²) >= 11 is 0. The molecule has 230 valence electrons. The first-order chi connectivity index (χ1) is 19.8. The lowest BCUT2D eigenvalue weighted by Gasteiger charge is -2.14. The first kappa shape index (κ1) is 35.2. The van der Waals surface area contributed by atoms with Gasteiger partial charge < -0.3 is 49.5 Å². The van der Waals surface area contributed by atoms with E-state index in [1.165, 1.54) is 7.11 Å². The van der Waals surface area contributed by atoms with Crippen LogP contribution in [-0.2, 0) is 54.2 Å². The number of carboxylic acid groups (broad SMARTS) is 1. The van der Waals surface area contributed by atoms with Gasteiger partial charge in [-0.25, -0.2) is 14.4 Å². The molecule has 41 heavy (non-hydrogen) atoms. The number of carbonyl (C=O) groups excluding carboxylic acids is 4. The fourth-order valence-electron chi connectivity index (χ4n) is 2.92. The van der Waals surface area contributed by atoms with E-state index in [2.05, 4.69) is 20.7 Å². The van der Waals surface area contributed by atoms with Gasteiger partial charge in [-0.05, 0) is 12.0 Å². The highest BCUT2D eigenvalue weighted by molar-refractivity contribution is 5.81. The molecule has 0 saturated heterocycles. The summed E-state index contributed by atoms with van der Waals surface area (Å²) in [5.74, 6) is -2.46. The molecule has 0 aromatic heterocycles. The number of amides is 3. The molecule has 1 aromatic carbocycles. The molecule has 0 heterocycles. The van der Waals surface area contributed by atoms with Crippen LogP contribution in [0.5, 0.6) is 0 Å². The SMILES string of the molecule is COC(=O)COCCOCCNC(=O)COCCOCCNC(=O)CCC(NC(=O)OCc1ccccc1)C(=O)O. The summed E-state index contributed by atoms with van der Waals surface area (Å²) in [4.78, 5) is 57.8. The van der Waals surface area contributed by atoms with Crippen molar-refractivity contribution in [3.8, 4) is 0 Å². The summed E-state index contributed by atoms with van der Waals surface area (Å²) < 4.78 is 30.2. The Morgan fingerprint density at radius 1 is 0.780 bits per heavy atom. The standard InChI is InChI=1S/C26H39N3O12/c1-36-24(32)19-40-16-14-38-12-10-28-23(31)18-39-15-13-37-11-9-27-22(30)8-7-21(25(33)34)29-26(35)41-17-20-5-3-2-4-6-20/h2-6,21H,7-19H2,1H3,(H,27,30)(H,28,31)(H,29,35)(H,33,34). The van der Waals surface area contributed by atoms with E-state index in [0.717, 1.165) is 5.56 Å². The molecule has 4 N–H and O–H groups in total. The number of ether oxygens (including phenoxy) is 6. The van der Waals surface area contributed by atoms with Crippen LogP contribution in [0.4, 0.5) is 4.79 Å². The zero-order valence-electron chi connectivity index (χ0n) is 23.1. The number of aliphatic carboxylic acids is 1. The summed E-state index contributed by atoms with van der Waals surface area (Å²) in [5, 5.41) is 16.8. The van der Waals surface area contributed by atoms with E-state index in [0.29, 0.717) is 0 Å². The van der Waals surface area contributed by atoms with Crippen LogP contribution in [0.3, 0.4) is 0 Å². The smallest absolute Gasteiger partial charge is 0.408 e. The lowest BCUT2D eigenvalue weighted by atomic mass is 10.1. The number of methoxy groups -OCH3 is 1. The molecule has 0 bridgehead atoms. The minimum Gasteiger partial charge on any atom is -0.480 e. The monoisotopic (exact) mass is 585 g/mol. The number of carboxylic acids is 1. The second-order valence-corrected chi connectivity index (χ2v) is 8.24. The van der Waals surface area contributed by atoms with E-state index in [1.54, 1.807) is 24.3 Å². The lowest BCUT2D eigenvalue weighted by Crippen LogP contribution is -2.42. The van der Waals surface area contributed by atoms with Gasteiger partial charge in [0.15, 0.2) is 0 Å². The van der Waals surface area contributed by atoms with Crippen LogP contribution in [0.15, 0.2) is 30.3 Å². The van der Waals surface area contributed by atoms with Crippen LogP contribution in [0, 0.1) is 0 Å². The fourth-order valence-corrected chi connectivity index (χ4v) is 2.92. The van der Waals surface area contributed by atoms with E-state index in [4.69, 9.17) is 23.7 Å². The van der Waals surface area contributed by atoms with Crippen molar-refractivity contribution in [3.05, 3.63) is 35.9 Å². The largest absolute Gasteiger partial charge is 0.480 e. The first-order valence-corrected chi connectivity index (χ1v) is 12.9. The summed E-state index contributed by atoms with van der Waals surface area (Å²) in [6.45, 7) is 1.51. The Morgan fingerprint density at radius 2 is 1.37 bits per heavy atom. The summed E-state index contributed by atoms with van der Waals surface area (Å²) in [6.07, 6.45) is -1.13. The highest BCUT2D eigenvalue weighted by Crippen LogP contribution is 2.03. The topological polar surface area (TPSA) is 197 Å². The molecule has 0 spiro atoms. The third-order valence-corrected chi connectivity index (χ3v) is 5.02. The Bertz CT molecular complexity index is 916. The molecule has 1 unspecified atom stereocenters. The van der Waals surface area contributed by atoms with Gasteiger partial charge in [0.2, 0.25) is 11.8 Å². The molecule has 3 amide bonds. The van der Waals surface area contributed by atoms with Crippen LogP contribution >= 0.6 is 0 Å². The van der Waals surface area contributed by atoms with Crippen molar-refractivity contribution in [1.29, 1.82) is 0 Å². The molecule has 1 rings (SSSR count). The Labute approximate surface area is 238 Å². The zero-order chi connectivity index (χ0) is 30.1. The van der Waals surface area contributed by atoms with Crippen molar-refractivity contribution in [2.75, 3.05) is 73.1 Å². The maximum absolute atomic E-state index is 12.0. The van der Waals surface area contributed by atoms with Crippen LogP contribution in [0.1, 0.15) is 18.4 Å². The number of rotatable bonds is 23. The van der Waals surface area contributed by atoms with Crippen molar-refractivity contribution in [2.45, 2.75) is 25.5 Å². The molecule has 0 saturated carbocycles. The molecule has 1 aromatic rings. The molecule has 0 radical (unpaired) electrons. The van der Waals surface area contributed by atoms with Gasteiger partial charge in [0.05, 0.1) is 46.8 Å². The number of benzene rings is 1. The third kappa shape index (κ3) is 19.8. The van der Waals surface area contributed by atoms with Crippen molar-refractivity contribution in [3.63, 3.8) is 0 Å². The van der Waals surface area contributed by atoms with Crippen molar-refractivity contribution >= 4 is 29.8 Å². The number of hydrogen-bond donors (Lipinski definition) is 4. The molecular weight excluding hydrogens is 546 g/mol. The van der Waals surface area contributed by atoms with Crippen molar-refractivity contribution < 1.29 is 57.5 Å². The lowest BCUT2D eigenvalue weighted by molar-refractivity contribution is -0.146. The van der Waals surface area contributed by atoms with Crippen LogP contribution in [0.2, 0.25) is 0 Å². The van der Waals surface area contributed by atoms with Gasteiger partial charge in [0.1, 0.15) is 25.9 Å². The van der Waals surface area contributed by atoms with Gasteiger partial charge >= 0.3 is 18.0 Å². The quantitative estimate of drug-likeness (QED) is 0.0961. The van der Waals surface area contributed by atoms with Gasteiger partial charge in [-0.1, -0.05) is 30.3 Å². The zero-order valence-corrected chi connectivity index (χ0v) is 23.1. The minimum atomic E-state index is -1.28. The van der Waals surface area contributed by atoms with Gasteiger partial charge in [-0.15, -0.1) is 0 Å². The third-order valence-electron chi connectivity index (χ3n) is 5.02. The fraction of sp³-hybridized carbons (Fsp3) is 0.577. The predicted molar refractivity (Wildman–Crippen MR) is 142 cm³/mol. The summed E-state index contributed by atoms with van der Waals surface area (Å²) in [6, 6.07) is 7.64. The van der Waals surface area contributed by atoms with Crippen LogP contribution in [0.25, 0.3) is 0 Å². The number of hydrogen-bond acceptors (Lipinski definition) is 11. The molecule has 0 aliphatic heterocycles. The van der Waals surface area contributed by atoms with Gasteiger partial charge in [0.25, 0.3) is 0 Å². The molecular formula is C26H39N3O12. The molecule has 0 aliphatic carbocycles. The Hall–Kier alpha value is -3.79. The van der Waals surface area contributed by atoms with Crippen molar-refractivity contribution in [1.82, 2.24) is 16.0 Å². The highest BCUT2D eigenvalue weighted by atomic mass is 16.6. The van der Waals surface area contributed by atoms with E-state index in [1.807, 2.05) is 6.07 Å². The number of carbonyl (C=O) groups is 5. The van der Waals surface area contributed by atoms with E-state index >= 15 is 0 Å².